The number of aromatic nitrogens is 2. The second-order valence-electron chi connectivity index (χ2n) is 3.84. The van der Waals surface area contributed by atoms with Crippen LogP contribution in [0.1, 0.15) is 13.8 Å². The van der Waals surface area contributed by atoms with Crippen molar-refractivity contribution >= 4 is 23.3 Å². The molecule has 0 saturated heterocycles. The van der Waals surface area contributed by atoms with Crippen molar-refractivity contribution in [2.45, 2.75) is 13.8 Å². The number of nitrogens with two attached hydrogens (primary N) is 1. The minimum atomic E-state index is -0.624. The fraction of sp³-hybridized carbons (Fsp3) is 0.444. The lowest BCUT2D eigenvalue weighted by atomic mass is 9.93. The van der Waals surface area contributed by atoms with Crippen LogP contribution in [0.5, 0.6) is 0 Å². The Balaban J connectivity index is 2.57. The summed E-state index contributed by atoms with van der Waals surface area (Å²) < 4.78 is 0. The standard InChI is InChI=1S/C9H13ClN4O/c1-9(2,8(11)15)5-12-7-4-3-6(10)13-14-7/h3-4H,5H2,1-2H3,(H2,11,15)(H,12,14). The van der Waals surface area contributed by atoms with Crippen molar-refractivity contribution in [2.24, 2.45) is 11.1 Å². The van der Waals surface area contributed by atoms with Gasteiger partial charge in [-0.2, -0.15) is 0 Å². The maximum Gasteiger partial charge on any atom is 0.224 e. The van der Waals surface area contributed by atoms with Gasteiger partial charge in [-0.05, 0) is 26.0 Å². The summed E-state index contributed by atoms with van der Waals surface area (Å²) in [5.41, 5.74) is 4.60. The molecule has 0 unspecified atom stereocenters. The Labute approximate surface area is 93.0 Å². The third-order valence-corrected chi connectivity index (χ3v) is 2.21. The summed E-state index contributed by atoms with van der Waals surface area (Å²) in [5, 5.41) is 10.7. The van der Waals surface area contributed by atoms with Crippen LogP contribution in [0.2, 0.25) is 5.15 Å². The lowest BCUT2D eigenvalue weighted by molar-refractivity contribution is -0.125. The van der Waals surface area contributed by atoms with Gasteiger partial charge in [0.15, 0.2) is 5.15 Å². The van der Waals surface area contributed by atoms with Crippen molar-refractivity contribution in [1.82, 2.24) is 10.2 Å². The number of hydrogen-bond donors (Lipinski definition) is 2. The second-order valence-corrected chi connectivity index (χ2v) is 4.23. The topological polar surface area (TPSA) is 80.9 Å². The van der Waals surface area contributed by atoms with E-state index in [1.54, 1.807) is 26.0 Å². The third-order valence-electron chi connectivity index (χ3n) is 2.01. The highest BCUT2D eigenvalue weighted by Gasteiger charge is 2.24. The van der Waals surface area contributed by atoms with Crippen LogP contribution in [-0.4, -0.2) is 22.6 Å². The molecular weight excluding hydrogens is 216 g/mol. The Kier molecular flexibility index (Phi) is 3.47. The Morgan fingerprint density at radius 3 is 2.67 bits per heavy atom. The van der Waals surface area contributed by atoms with Crippen LogP contribution in [0.4, 0.5) is 5.82 Å². The van der Waals surface area contributed by atoms with E-state index in [9.17, 15) is 4.79 Å². The molecule has 0 aromatic carbocycles. The molecule has 0 spiro atoms. The molecular formula is C9H13ClN4O. The summed E-state index contributed by atoms with van der Waals surface area (Å²) in [6, 6.07) is 3.31. The quantitative estimate of drug-likeness (QED) is 0.807. The number of amides is 1. The Bertz CT molecular complexity index is 350. The summed E-state index contributed by atoms with van der Waals surface area (Å²) >= 11 is 5.58. The van der Waals surface area contributed by atoms with Crippen LogP contribution < -0.4 is 11.1 Å². The minimum Gasteiger partial charge on any atom is -0.369 e. The van der Waals surface area contributed by atoms with Crippen molar-refractivity contribution in [2.75, 3.05) is 11.9 Å². The molecule has 1 aromatic rings. The van der Waals surface area contributed by atoms with Crippen molar-refractivity contribution in [3.63, 3.8) is 0 Å². The predicted octanol–water partition coefficient (Wildman–Crippen LogP) is 1.05. The number of rotatable bonds is 4. The Hall–Kier alpha value is -1.36. The molecule has 1 amide bonds. The Morgan fingerprint density at radius 2 is 2.20 bits per heavy atom. The average Bonchev–Trinajstić information content (AvgIpc) is 2.17. The number of carbonyl (C=O) groups is 1. The molecule has 5 nitrogen and oxygen atoms in total. The number of halogens is 1. The molecule has 0 atom stereocenters. The van der Waals surface area contributed by atoms with Gasteiger partial charge in [0.25, 0.3) is 0 Å². The third kappa shape index (κ3) is 3.36. The van der Waals surface area contributed by atoms with Gasteiger partial charge in [-0.15, -0.1) is 10.2 Å². The monoisotopic (exact) mass is 228 g/mol. The number of anilines is 1. The van der Waals surface area contributed by atoms with Crippen LogP contribution >= 0.6 is 11.6 Å². The van der Waals surface area contributed by atoms with Crippen LogP contribution in [-0.2, 0) is 4.79 Å². The molecule has 15 heavy (non-hydrogen) atoms. The predicted molar refractivity (Wildman–Crippen MR) is 58.5 cm³/mol. The molecule has 0 saturated carbocycles. The minimum absolute atomic E-state index is 0.328. The zero-order chi connectivity index (χ0) is 11.5. The van der Waals surface area contributed by atoms with Crippen molar-refractivity contribution in [3.8, 4) is 0 Å². The van der Waals surface area contributed by atoms with Gasteiger partial charge in [-0.1, -0.05) is 11.6 Å². The summed E-state index contributed by atoms with van der Waals surface area (Å²) in [5.74, 6) is 0.200. The van der Waals surface area contributed by atoms with Gasteiger partial charge in [-0.3, -0.25) is 4.79 Å². The van der Waals surface area contributed by atoms with E-state index in [1.807, 2.05) is 0 Å². The van der Waals surface area contributed by atoms with Gasteiger partial charge in [-0.25, -0.2) is 0 Å². The first-order valence-corrected chi connectivity index (χ1v) is 4.82. The van der Waals surface area contributed by atoms with E-state index >= 15 is 0 Å². The van der Waals surface area contributed by atoms with Crippen LogP contribution in [0.25, 0.3) is 0 Å². The van der Waals surface area contributed by atoms with Crippen LogP contribution in [0.15, 0.2) is 12.1 Å². The normalized spacial score (nSPS) is 11.1. The fourth-order valence-corrected chi connectivity index (χ4v) is 0.910. The van der Waals surface area contributed by atoms with Gasteiger partial charge >= 0.3 is 0 Å². The number of primary amides is 1. The highest BCUT2D eigenvalue weighted by atomic mass is 35.5. The van der Waals surface area contributed by atoms with Crippen molar-refractivity contribution in [1.29, 1.82) is 0 Å². The van der Waals surface area contributed by atoms with Gasteiger partial charge in [0, 0.05) is 6.54 Å². The van der Waals surface area contributed by atoms with Gasteiger partial charge in [0.1, 0.15) is 5.82 Å². The molecule has 3 N–H and O–H groups in total. The van der Waals surface area contributed by atoms with E-state index in [0.717, 1.165) is 0 Å². The van der Waals surface area contributed by atoms with E-state index in [-0.39, 0.29) is 5.91 Å². The molecule has 1 aromatic heterocycles. The first-order valence-electron chi connectivity index (χ1n) is 4.45. The van der Waals surface area contributed by atoms with E-state index in [1.165, 1.54) is 0 Å². The number of hydrogen-bond acceptors (Lipinski definition) is 4. The van der Waals surface area contributed by atoms with Crippen molar-refractivity contribution < 1.29 is 4.79 Å². The second kappa shape index (κ2) is 4.44. The first-order chi connectivity index (χ1) is 6.92. The van der Waals surface area contributed by atoms with Gasteiger partial charge in [0.05, 0.1) is 5.41 Å². The molecule has 0 bridgehead atoms. The summed E-state index contributed by atoms with van der Waals surface area (Å²) in [6.45, 7) is 3.91. The maximum absolute atomic E-state index is 11.0. The van der Waals surface area contributed by atoms with E-state index < -0.39 is 5.41 Å². The summed E-state index contributed by atoms with van der Waals surface area (Å²) in [6.07, 6.45) is 0. The SMILES string of the molecule is CC(C)(CNc1ccc(Cl)nn1)C(N)=O. The molecule has 6 heteroatoms. The highest BCUT2D eigenvalue weighted by Crippen LogP contribution is 2.15. The van der Waals surface area contributed by atoms with Gasteiger partial charge in [0.2, 0.25) is 5.91 Å². The highest BCUT2D eigenvalue weighted by molar-refractivity contribution is 6.29. The fourth-order valence-electron chi connectivity index (χ4n) is 0.809. The smallest absolute Gasteiger partial charge is 0.224 e. The summed E-state index contributed by atoms with van der Waals surface area (Å²) in [7, 11) is 0. The largest absolute Gasteiger partial charge is 0.369 e. The molecule has 0 aliphatic carbocycles. The molecule has 0 aliphatic heterocycles. The lowest BCUT2D eigenvalue weighted by Gasteiger charge is -2.20. The number of nitrogens with zero attached hydrogens (tertiary/aromatic N) is 2. The first kappa shape index (κ1) is 11.7. The molecule has 0 aliphatic rings. The lowest BCUT2D eigenvalue weighted by Crippen LogP contribution is -2.37. The van der Waals surface area contributed by atoms with Crippen LogP contribution in [0, 0.1) is 5.41 Å². The molecule has 1 heterocycles. The zero-order valence-corrected chi connectivity index (χ0v) is 9.38. The number of nitrogens with one attached hydrogen (secondary N) is 1. The van der Waals surface area contributed by atoms with E-state index in [0.29, 0.717) is 17.5 Å². The molecule has 82 valence electrons. The van der Waals surface area contributed by atoms with Gasteiger partial charge < -0.3 is 11.1 Å². The van der Waals surface area contributed by atoms with Crippen LogP contribution in [0.3, 0.4) is 0 Å². The van der Waals surface area contributed by atoms with E-state index in [2.05, 4.69) is 15.5 Å². The van der Waals surface area contributed by atoms with Crippen molar-refractivity contribution in [3.05, 3.63) is 17.3 Å². The molecule has 0 fully saturated rings. The molecule has 0 radical (unpaired) electrons. The Morgan fingerprint density at radius 1 is 1.53 bits per heavy atom. The zero-order valence-electron chi connectivity index (χ0n) is 8.62. The molecule has 1 rings (SSSR count). The summed E-state index contributed by atoms with van der Waals surface area (Å²) in [4.78, 5) is 11.0. The average molecular weight is 229 g/mol. The van der Waals surface area contributed by atoms with E-state index in [4.69, 9.17) is 17.3 Å². The number of carbonyl (C=O) groups excluding carboxylic acids is 1. The maximum atomic E-state index is 11.0.